The number of benzene rings is 2. The lowest BCUT2D eigenvalue weighted by atomic mass is 9.89. The molecule has 0 unspecified atom stereocenters. The molecule has 4 rings (SSSR count). The molecule has 1 saturated carbocycles. The van der Waals surface area contributed by atoms with Crippen LogP contribution in [-0.4, -0.2) is 0 Å². The molecule has 1 heteroatoms. The molecule has 0 spiro atoms. The minimum Gasteiger partial charge on any atom is -0.456 e. The maximum atomic E-state index is 6.00. The Labute approximate surface area is 119 Å². The lowest BCUT2D eigenvalue weighted by molar-refractivity contribution is 0.668. The van der Waals surface area contributed by atoms with E-state index in [1.54, 1.807) is 5.92 Å². The Morgan fingerprint density at radius 1 is 0.700 bits per heavy atom. The molecule has 1 aliphatic carbocycles. The molecule has 1 nitrogen and oxygen atoms in total. The first kappa shape index (κ1) is 12.0. The van der Waals surface area contributed by atoms with E-state index in [0.29, 0.717) is 0 Å². The average Bonchev–Trinajstić information content (AvgIpc) is 2.68. The summed E-state index contributed by atoms with van der Waals surface area (Å²) in [5.74, 6) is 1.62. The van der Waals surface area contributed by atoms with E-state index >= 15 is 0 Å². The highest BCUT2D eigenvalue weighted by Gasteiger charge is 2.19. The molecule has 0 atom stereocenters. The Hall–Kier alpha value is -1.76. The summed E-state index contributed by atoms with van der Waals surface area (Å²) in [6, 6.07) is 14.9. The lowest BCUT2D eigenvalue weighted by Crippen LogP contribution is -1.98. The maximum Gasteiger partial charge on any atom is 0.135 e. The summed E-state index contributed by atoms with van der Waals surface area (Å²) in [6.45, 7) is 0. The van der Waals surface area contributed by atoms with Crippen LogP contribution in [0.5, 0.6) is 0 Å². The van der Waals surface area contributed by atoms with E-state index in [1.807, 2.05) is 6.07 Å². The third kappa shape index (κ3) is 1.93. The zero-order valence-corrected chi connectivity index (χ0v) is 11.7. The normalized spacial score (nSPS) is 17.6. The molecule has 1 aliphatic rings. The van der Waals surface area contributed by atoms with Gasteiger partial charge in [0.25, 0.3) is 0 Å². The van der Waals surface area contributed by atoms with Crippen LogP contribution < -0.4 is 0 Å². The van der Waals surface area contributed by atoms with Crippen molar-refractivity contribution in [1.29, 1.82) is 0 Å². The Morgan fingerprint density at radius 2 is 1.45 bits per heavy atom. The van der Waals surface area contributed by atoms with Crippen molar-refractivity contribution in [2.75, 3.05) is 0 Å². The molecule has 1 radical (unpaired) electrons. The summed E-state index contributed by atoms with van der Waals surface area (Å²) < 4.78 is 6.00. The van der Waals surface area contributed by atoms with Crippen molar-refractivity contribution >= 4 is 21.9 Å². The van der Waals surface area contributed by atoms with E-state index in [-0.39, 0.29) is 0 Å². The Kier molecular flexibility index (Phi) is 2.99. The van der Waals surface area contributed by atoms with Gasteiger partial charge in [-0.1, -0.05) is 56.0 Å². The van der Waals surface area contributed by atoms with E-state index in [1.165, 1.54) is 54.9 Å². The highest BCUT2D eigenvalue weighted by Crippen LogP contribution is 2.38. The molecule has 0 aliphatic heterocycles. The predicted octanol–water partition coefficient (Wildman–Crippen LogP) is 5.86. The fourth-order valence-corrected chi connectivity index (χ4v) is 3.49. The lowest BCUT2D eigenvalue weighted by Gasteiger charge is -2.14. The van der Waals surface area contributed by atoms with Gasteiger partial charge in [0.05, 0.1) is 0 Å². The van der Waals surface area contributed by atoms with Crippen LogP contribution in [0, 0.1) is 5.92 Å². The van der Waals surface area contributed by atoms with Gasteiger partial charge in [-0.2, -0.15) is 0 Å². The number of furan rings is 1. The Morgan fingerprint density at radius 3 is 2.30 bits per heavy atom. The second kappa shape index (κ2) is 4.97. The summed E-state index contributed by atoms with van der Waals surface area (Å²) in [7, 11) is 0. The van der Waals surface area contributed by atoms with Crippen LogP contribution in [0.25, 0.3) is 21.9 Å². The monoisotopic (exact) mass is 263 g/mol. The fourth-order valence-electron chi connectivity index (χ4n) is 3.49. The van der Waals surface area contributed by atoms with Gasteiger partial charge in [-0.05, 0) is 30.5 Å². The minimum atomic E-state index is 1.00. The van der Waals surface area contributed by atoms with Crippen molar-refractivity contribution in [2.24, 2.45) is 0 Å². The summed E-state index contributed by atoms with van der Waals surface area (Å²) in [6.07, 6.45) is 7.93. The Bertz CT molecular complexity index is 730. The van der Waals surface area contributed by atoms with Crippen molar-refractivity contribution in [3.05, 3.63) is 53.9 Å². The zero-order chi connectivity index (χ0) is 13.4. The van der Waals surface area contributed by atoms with Crippen LogP contribution in [0.15, 0.2) is 46.9 Å². The molecule has 0 saturated heterocycles. The Balaban J connectivity index is 1.93. The number of fused-ring (bicyclic) bond motifs is 3. The summed E-state index contributed by atoms with van der Waals surface area (Å²) in [4.78, 5) is 0. The summed E-state index contributed by atoms with van der Waals surface area (Å²) in [5.41, 5.74) is 3.46. The third-order valence-corrected chi connectivity index (χ3v) is 4.49. The van der Waals surface area contributed by atoms with E-state index in [4.69, 9.17) is 4.42 Å². The van der Waals surface area contributed by atoms with Crippen LogP contribution in [0.3, 0.4) is 0 Å². The highest BCUT2D eigenvalue weighted by atomic mass is 16.3. The molecule has 2 aromatic carbocycles. The molecular weight excluding hydrogens is 244 g/mol. The van der Waals surface area contributed by atoms with Gasteiger partial charge < -0.3 is 4.42 Å². The van der Waals surface area contributed by atoms with Crippen LogP contribution in [-0.2, 0) is 0 Å². The van der Waals surface area contributed by atoms with Gasteiger partial charge in [-0.3, -0.25) is 0 Å². The standard InChI is InChI=1S/C19H19O/c1-2-4-9-14(8-3-1)15-11-7-13-18-19(15)16-10-5-6-12-17(16)20-18/h5-7,10-13H,1-4,8-9H2. The molecule has 1 fully saturated rings. The molecule has 20 heavy (non-hydrogen) atoms. The molecule has 101 valence electrons. The summed E-state index contributed by atoms with van der Waals surface area (Å²) in [5, 5.41) is 2.58. The fraction of sp³-hybridized carbons (Fsp3) is 0.316. The second-order valence-electron chi connectivity index (χ2n) is 5.79. The van der Waals surface area contributed by atoms with Crippen LogP contribution in [0.4, 0.5) is 0 Å². The number of hydrogen-bond acceptors (Lipinski definition) is 1. The van der Waals surface area contributed by atoms with Gasteiger partial charge in [0.1, 0.15) is 11.2 Å². The molecule has 3 aromatic rings. The number of para-hydroxylation sites is 1. The van der Waals surface area contributed by atoms with Gasteiger partial charge in [0.2, 0.25) is 0 Å². The predicted molar refractivity (Wildman–Crippen MR) is 83.8 cm³/mol. The van der Waals surface area contributed by atoms with Gasteiger partial charge in [-0.15, -0.1) is 0 Å². The van der Waals surface area contributed by atoms with Gasteiger partial charge in [-0.25, -0.2) is 0 Å². The minimum absolute atomic E-state index is 1.00. The molecule has 0 amide bonds. The first-order valence-electron chi connectivity index (χ1n) is 7.69. The van der Waals surface area contributed by atoms with Crippen molar-refractivity contribution in [2.45, 2.75) is 38.5 Å². The molecule has 0 bridgehead atoms. The SMILES string of the molecule is c1ccc2c(c1)oc1cccc([C]3CCCCCC3)c12. The second-order valence-corrected chi connectivity index (χ2v) is 5.79. The quantitative estimate of drug-likeness (QED) is 0.501. The molecule has 0 N–H and O–H groups in total. The smallest absolute Gasteiger partial charge is 0.135 e. The van der Waals surface area contributed by atoms with E-state index in [0.717, 1.165) is 11.2 Å². The van der Waals surface area contributed by atoms with Crippen molar-refractivity contribution in [3.63, 3.8) is 0 Å². The van der Waals surface area contributed by atoms with Crippen LogP contribution in [0.2, 0.25) is 0 Å². The van der Waals surface area contributed by atoms with Crippen LogP contribution >= 0.6 is 0 Å². The van der Waals surface area contributed by atoms with E-state index in [2.05, 4.69) is 36.4 Å². The van der Waals surface area contributed by atoms with Crippen molar-refractivity contribution in [1.82, 2.24) is 0 Å². The molecular formula is C19H19O. The van der Waals surface area contributed by atoms with Crippen molar-refractivity contribution in [3.8, 4) is 0 Å². The van der Waals surface area contributed by atoms with Gasteiger partial charge in [0.15, 0.2) is 0 Å². The van der Waals surface area contributed by atoms with Gasteiger partial charge in [0, 0.05) is 16.7 Å². The summed E-state index contributed by atoms with van der Waals surface area (Å²) >= 11 is 0. The first-order chi connectivity index (χ1) is 9.93. The number of hydrogen-bond donors (Lipinski definition) is 0. The van der Waals surface area contributed by atoms with E-state index < -0.39 is 0 Å². The number of rotatable bonds is 1. The maximum absolute atomic E-state index is 6.00. The topological polar surface area (TPSA) is 13.1 Å². The third-order valence-electron chi connectivity index (χ3n) is 4.49. The zero-order valence-electron chi connectivity index (χ0n) is 11.7. The highest BCUT2D eigenvalue weighted by molar-refractivity contribution is 6.07. The van der Waals surface area contributed by atoms with Crippen LogP contribution in [0.1, 0.15) is 44.1 Å². The largest absolute Gasteiger partial charge is 0.456 e. The van der Waals surface area contributed by atoms with Crippen molar-refractivity contribution < 1.29 is 4.42 Å². The molecule has 1 aromatic heterocycles. The van der Waals surface area contributed by atoms with Gasteiger partial charge >= 0.3 is 0 Å². The first-order valence-corrected chi connectivity index (χ1v) is 7.69. The average molecular weight is 263 g/mol. The van der Waals surface area contributed by atoms with E-state index in [9.17, 15) is 0 Å². The molecule has 1 heterocycles.